The van der Waals surface area contributed by atoms with Crippen LogP contribution in [0.3, 0.4) is 0 Å². The van der Waals surface area contributed by atoms with E-state index in [1.807, 2.05) is 60.7 Å². The smallest absolute Gasteiger partial charge is 0.485 e. The highest BCUT2D eigenvalue weighted by molar-refractivity contribution is 7.86. The molecule has 0 unspecified atom stereocenters. The third-order valence-corrected chi connectivity index (χ3v) is 5.29. The summed E-state index contributed by atoms with van der Waals surface area (Å²) in [7, 11) is -4.04. The molecule has 9 heteroatoms. The summed E-state index contributed by atoms with van der Waals surface area (Å²) in [6.45, 7) is 0.592. The zero-order valence-corrected chi connectivity index (χ0v) is 19.3. The average Bonchev–Trinajstić information content (AvgIpc) is 3.09. The second-order valence-electron chi connectivity index (χ2n) is 7.14. The minimum absolute atomic E-state index is 0.592. The minimum atomic E-state index is -6.09. The van der Waals surface area contributed by atoms with Crippen LogP contribution in [0.4, 0.5) is 13.2 Å². The number of rotatable bonds is 1. The van der Waals surface area contributed by atoms with E-state index in [2.05, 4.69) is 64.1 Å². The van der Waals surface area contributed by atoms with Crippen molar-refractivity contribution in [3.63, 3.8) is 0 Å². The Morgan fingerprint density at radius 3 is 1.86 bits per heavy atom. The molecule has 0 saturated heterocycles. The van der Waals surface area contributed by atoms with Crippen molar-refractivity contribution in [3.05, 3.63) is 102 Å². The molecule has 0 aliphatic rings. The Kier molecular flexibility index (Phi) is 7.98. The number of para-hydroxylation sites is 2. The molecule has 0 saturated carbocycles. The molecular weight excluding hydrogens is 477 g/mol. The molecule has 0 aliphatic heterocycles. The summed E-state index contributed by atoms with van der Waals surface area (Å²) in [5.41, 5.74) is -1.33. The fourth-order valence-corrected chi connectivity index (χ4v) is 3.09. The van der Waals surface area contributed by atoms with E-state index in [1.54, 1.807) is 0 Å². The molecule has 4 aromatic rings. The lowest BCUT2D eigenvalue weighted by atomic mass is 10.2. The van der Waals surface area contributed by atoms with Gasteiger partial charge in [0.2, 0.25) is 0 Å². The fourth-order valence-electron chi connectivity index (χ4n) is 3.09. The molecule has 0 amide bonds. The van der Waals surface area contributed by atoms with Crippen LogP contribution in [0.25, 0.3) is 11.0 Å². The summed E-state index contributed by atoms with van der Waals surface area (Å²) in [6, 6.07) is 28.5. The number of nitrogens with zero attached hydrogens (tertiary/aromatic N) is 2. The van der Waals surface area contributed by atoms with Gasteiger partial charge in [-0.2, -0.15) is 13.2 Å². The molecule has 35 heavy (non-hydrogen) atoms. The SMILES string of the molecule is C[n+]1c(C#Cc2ccccc2)n(CC#Cc2ccccc2)c2ccccc21.O=S(=O)([O-])C(F)(F)F. The number of fused-ring (bicyclic) bond motifs is 1. The predicted molar refractivity (Wildman–Crippen MR) is 125 cm³/mol. The van der Waals surface area contributed by atoms with Crippen LogP contribution >= 0.6 is 0 Å². The standard InChI is InChI=1S/C25H19N2.CHF3O3S/c1-26-23-16-8-9-17-24(23)27(20-10-15-21-11-4-2-5-12-21)25(26)19-18-22-13-6-3-7-14-22;2-1(3,4)8(5,6)7/h2-9,11-14,16-17H,20H2,1H3;(H,5,6,7)/q+1;/p-1. The molecule has 5 nitrogen and oxygen atoms in total. The summed E-state index contributed by atoms with van der Waals surface area (Å²) in [5.74, 6) is 14.1. The average molecular weight is 497 g/mol. The molecule has 0 aliphatic carbocycles. The quantitative estimate of drug-likeness (QED) is 0.173. The lowest BCUT2D eigenvalue weighted by molar-refractivity contribution is -0.648. The maximum Gasteiger partial charge on any atom is 0.485 e. The van der Waals surface area contributed by atoms with Crippen LogP contribution in [0.1, 0.15) is 17.0 Å². The van der Waals surface area contributed by atoms with Gasteiger partial charge in [-0.05, 0) is 36.4 Å². The van der Waals surface area contributed by atoms with E-state index in [-0.39, 0.29) is 0 Å². The van der Waals surface area contributed by atoms with Gasteiger partial charge in [-0.25, -0.2) is 17.6 Å². The molecule has 0 radical (unpaired) electrons. The van der Waals surface area contributed by atoms with Crippen molar-refractivity contribution in [1.82, 2.24) is 4.57 Å². The molecule has 1 aromatic heterocycles. The predicted octanol–water partition coefficient (Wildman–Crippen LogP) is 3.97. The van der Waals surface area contributed by atoms with Crippen molar-refractivity contribution in [2.75, 3.05) is 0 Å². The van der Waals surface area contributed by atoms with Crippen molar-refractivity contribution in [2.24, 2.45) is 7.05 Å². The van der Waals surface area contributed by atoms with Gasteiger partial charge in [0.05, 0.1) is 7.05 Å². The monoisotopic (exact) mass is 496 g/mol. The second-order valence-corrected chi connectivity index (χ2v) is 8.51. The van der Waals surface area contributed by atoms with Crippen LogP contribution in [0.15, 0.2) is 84.9 Å². The minimum Gasteiger partial charge on any atom is -0.741 e. The number of aryl methyl sites for hydroxylation is 1. The Balaban J connectivity index is 0.000000371. The highest BCUT2D eigenvalue weighted by Gasteiger charge is 2.36. The number of imidazole rings is 1. The summed E-state index contributed by atoms with van der Waals surface area (Å²) < 4.78 is 63.2. The van der Waals surface area contributed by atoms with Gasteiger partial charge in [0, 0.05) is 17.0 Å². The zero-order chi connectivity index (χ0) is 25.5. The molecule has 1 heterocycles. The number of benzene rings is 3. The maximum absolute atomic E-state index is 10.7. The zero-order valence-electron chi connectivity index (χ0n) is 18.5. The lowest BCUT2D eigenvalue weighted by Gasteiger charge is -2.08. The van der Waals surface area contributed by atoms with Crippen molar-refractivity contribution in [2.45, 2.75) is 12.1 Å². The van der Waals surface area contributed by atoms with Gasteiger partial charge in [0.25, 0.3) is 0 Å². The molecule has 0 fully saturated rings. The third-order valence-electron chi connectivity index (χ3n) is 4.73. The van der Waals surface area contributed by atoms with E-state index >= 15 is 0 Å². The Morgan fingerprint density at radius 2 is 1.31 bits per heavy atom. The number of halogens is 3. The number of hydrogen-bond donors (Lipinski definition) is 0. The van der Waals surface area contributed by atoms with Gasteiger partial charge in [0.15, 0.2) is 27.7 Å². The van der Waals surface area contributed by atoms with E-state index in [0.29, 0.717) is 6.54 Å². The van der Waals surface area contributed by atoms with Gasteiger partial charge >= 0.3 is 11.3 Å². The molecule has 0 spiro atoms. The van der Waals surface area contributed by atoms with Crippen LogP contribution < -0.4 is 4.57 Å². The maximum atomic E-state index is 10.7. The van der Waals surface area contributed by atoms with E-state index in [9.17, 15) is 13.2 Å². The molecule has 4 rings (SSSR count). The van der Waals surface area contributed by atoms with Crippen molar-refractivity contribution in [1.29, 1.82) is 0 Å². The van der Waals surface area contributed by atoms with Crippen LogP contribution in [-0.4, -0.2) is 23.0 Å². The first-order valence-electron chi connectivity index (χ1n) is 10.2. The molecule has 0 bridgehead atoms. The van der Waals surface area contributed by atoms with Crippen LogP contribution in [0, 0.1) is 23.7 Å². The first-order chi connectivity index (χ1) is 16.6. The van der Waals surface area contributed by atoms with E-state index in [1.165, 1.54) is 0 Å². The molecule has 0 N–H and O–H groups in total. The van der Waals surface area contributed by atoms with Crippen molar-refractivity contribution in [3.8, 4) is 23.7 Å². The Bertz CT molecular complexity index is 1540. The van der Waals surface area contributed by atoms with Crippen molar-refractivity contribution < 1.29 is 30.7 Å². The second kappa shape index (κ2) is 10.9. The van der Waals surface area contributed by atoms with Crippen LogP contribution in [0.2, 0.25) is 0 Å². The lowest BCUT2D eigenvalue weighted by Crippen LogP contribution is -2.31. The van der Waals surface area contributed by atoms with Crippen molar-refractivity contribution >= 4 is 21.2 Å². The summed E-state index contributed by atoms with van der Waals surface area (Å²) in [5, 5.41) is 0. The molecule has 178 valence electrons. The normalized spacial score (nSPS) is 10.9. The highest BCUT2D eigenvalue weighted by Crippen LogP contribution is 2.20. The third kappa shape index (κ3) is 6.73. The number of alkyl halides is 3. The number of hydrogen-bond acceptors (Lipinski definition) is 3. The van der Waals surface area contributed by atoms with Gasteiger partial charge in [-0.3, -0.25) is 0 Å². The summed E-state index contributed by atoms with van der Waals surface area (Å²) >= 11 is 0. The van der Waals surface area contributed by atoms with Crippen LogP contribution in [-0.2, 0) is 23.7 Å². The highest BCUT2D eigenvalue weighted by atomic mass is 32.2. The molecule has 3 aromatic carbocycles. The summed E-state index contributed by atoms with van der Waals surface area (Å²) in [6.07, 6.45) is 0. The Labute approximate surface area is 201 Å². The summed E-state index contributed by atoms with van der Waals surface area (Å²) in [4.78, 5) is 0. The first-order valence-corrected chi connectivity index (χ1v) is 11.6. The van der Waals surface area contributed by atoms with Crippen LogP contribution in [0.5, 0.6) is 0 Å². The van der Waals surface area contributed by atoms with E-state index in [0.717, 1.165) is 28.0 Å². The van der Waals surface area contributed by atoms with E-state index in [4.69, 9.17) is 13.0 Å². The first kappa shape index (κ1) is 25.6. The Morgan fingerprint density at radius 1 is 0.829 bits per heavy atom. The van der Waals surface area contributed by atoms with Gasteiger partial charge in [0.1, 0.15) is 0 Å². The van der Waals surface area contributed by atoms with Gasteiger partial charge in [-0.15, -0.1) is 0 Å². The van der Waals surface area contributed by atoms with E-state index < -0.39 is 15.6 Å². The van der Waals surface area contributed by atoms with Gasteiger partial charge < -0.3 is 4.55 Å². The topological polar surface area (TPSA) is 66.0 Å². The molecule has 0 atom stereocenters. The fraction of sp³-hybridized carbons (Fsp3) is 0.115. The number of aromatic nitrogens is 2. The largest absolute Gasteiger partial charge is 0.741 e. The van der Waals surface area contributed by atoms with Gasteiger partial charge in [-0.1, -0.05) is 66.3 Å². The molecular formula is C26H19F3N2O3S. The Hall–Kier alpha value is -4.05.